The van der Waals surface area contributed by atoms with E-state index in [1.165, 1.54) is 6.08 Å². The number of aryl methyl sites for hydroxylation is 1. The molecule has 0 aromatic heterocycles. The Morgan fingerprint density at radius 2 is 2.12 bits per heavy atom. The van der Waals surface area contributed by atoms with Gasteiger partial charge in [-0.25, -0.2) is 0 Å². The summed E-state index contributed by atoms with van der Waals surface area (Å²) in [5.74, 6) is 0.357. The molecule has 1 aromatic rings. The highest BCUT2D eigenvalue weighted by molar-refractivity contribution is 6.04. The zero-order chi connectivity index (χ0) is 12.2. The summed E-state index contributed by atoms with van der Waals surface area (Å²) in [4.78, 5) is 11.4. The van der Waals surface area contributed by atoms with Gasteiger partial charge in [-0.15, -0.1) is 0 Å². The van der Waals surface area contributed by atoms with Crippen LogP contribution in [0.4, 0.5) is 0 Å². The largest absolute Gasteiger partial charge is 0.502 e. The first kappa shape index (κ1) is 10.1. The van der Waals surface area contributed by atoms with Crippen LogP contribution >= 0.6 is 0 Å². The normalized spacial score (nSPS) is 25.6. The lowest BCUT2D eigenvalue weighted by Crippen LogP contribution is -2.26. The average molecular weight is 228 g/mol. The Balaban J connectivity index is 2.28. The summed E-state index contributed by atoms with van der Waals surface area (Å²) in [5.41, 5.74) is 1.58. The molecule has 0 radical (unpaired) electrons. The highest BCUT2D eigenvalue weighted by Crippen LogP contribution is 2.48. The summed E-state index contributed by atoms with van der Waals surface area (Å²) in [6, 6.07) is 5.84. The van der Waals surface area contributed by atoms with Crippen LogP contribution < -0.4 is 4.74 Å². The number of allylic oxidation sites excluding steroid dienone is 2. The minimum atomic E-state index is -0.528. The van der Waals surface area contributed by atoms with E-state index in [-0.39, 0.29) is 5.76 Å². The zero-order valence-corrected chi connectivity index (χ0v) is 9.65. The molecule has 3 nitrogen and oxygen atoms in total. The van der Waals surface area contributed by atoms with Gasteiger partial charge >= 0.3 is 0 Å². The van der Waals surface area contributed by atoms with Crippen LogP contribution in [0.25, 0.3) is 0 Å². The van der Waals surface area contributed by atoms with Crippen molar-refractivity contribution in [2.24, 2.45) is 0 Å². The first-order valence-electron chi connectivity index (χ1n) is 5.48. The molecule has 0 bridgehead atoms. The maximum absolute atomic E-state index is 11.4. The van der Waals surface area contributed by atoms with Gasteiger partial charge in [0.25, 0.3) is 0 Å². The number of aliphatic hydroxyl groups excluding tert-OH is 1. The Hall–Kier alpha value is -2.03. The van der Waals surface area contributed by atoms with Crippen molar-refractivity contribution in [3.63, 3.8) is 0 Å². The molecule has 0 saturated carbocycles. The van der Waals surface area contributed by atoms with Crippen molar-refractivity contribution in [3.8, 4) is 5.75 Å². The first-order chi connectivity index (χ1) is 8.02. The van der Waals surface area contributed by atoms with Crippen molar-refractivity contribution < 1.29 is 14.6 Å². The van der Waals surface area contributed by atoms with Gasteiger partial charge in [0.05, 0.1) is 5.41 Å². The van der Waals surface area contributed by atoms with Crippen molar-refractivity contribution >= 4 is 5.78 Å². The van der Waals surface area contributed by atoms with Gasteiger partial charge in [-0.1, -0.05) is 23.8 Å². The molecule has 17 heavy (non-hydrogen) atoms. The summed E-state index contributed by atoms with van der Waals surface area (Å²) in [6.07, 6.45) is 3.19. The van der Waals surface area contributed by atoms with Crippen LogP contribution in [0.5, 0.6) is 5.75 Å². The Labute approximate surface area is 99.0 Å². The van der Waals surface area contributed by atoms with Gasteiger partial charge in [-0.3, -0.25) is 4.79 Å². The highest BCUT2D eigenvalue weighted by atomic mass is 16.5. The molecule has 3 rings (SSSR count). The molecule has 86 valence electrons. The van der Waals surface area contributed by atoms with Gasteiger partial charge in [-0.05, 0) is 26.0 Å². The van der Waals surface area contributed by atoms with Crippen molar-refractivity contribution in [1.82, 2.24) is 0 Å². The molecule has 1 unspecified atom stereocenters. The lowest BCUT2D eigenvalue weighted by molar-refractivity contribution is -0.114. The SMILES string of the molecule is Cc1ccc2c(c1)C1(C)C=CC(=O)C(O)=C1O2. The van der Waals surface area contributed by atoms with Crippen LogP contribution in [0, 0.1) is 6.92 Å². The fourth-order valence-corrected chi connectivity index (χ4v) is 2.37. The molecule has 1 aliphatic heterocycles. The minimum absolute atomic E-state index is 0.288. The number of rotatable bonds is 0. The molecule has 1 atom stereocenters. The fraction of sp³-hybridized carbons (Fsp3) is 0.214. The summed E-state index contributed by atoms with van der Waals surface area (Å²) in [6.45, 7) is 3.94. The van der Waals surface area contributed by atoms with E-state index in [1.807, 2.05) is 32.0 Å². The fourth-order valence-electron chi connectivity index (χ4n) is 2.37. The number of fused-ring (bicyclic) bond motifs is 3. The second kappa shape index (κ2) is 3.00. The van der Waals surface area contributed by atoms with Gasteiger partial charge in [0.15, 0.2) is 5.76 Å². The van der Waals surface area contributed by atoms with Crippen LogP contribution in [0.15, 0.2) is 41.9 Å². The molecule has 0 saturated heterocycles. The first-order valence-corrected chi connectivity index (χ1v) is 5.48. The van der Waals surface area contributed by atoms with Gasteiger partial charge in [0, 0.05) is 5.56 Å². The van der Waals surface area contributed by atoms with Crippen LogP contribution in [-0.2, 0) is 10.2 Å². The maximum Gasteiger partial charge on any atom is 0.223 e. The third kappa shape index (κ3) is 1.19. The minimum Gasteiger partial charge on any atom is -0.502 e. The Kier molecular flexibility index (Phi) is 1.79. The van der Waals surface area contributed by atoms with Crippen LogP contribution in [0.2, 0.25) is 0 Å². The smallest absolute Gasteiger partial charge is 0.223 e. The monoisotopic (exact) mass is 228 g/mol. The molecule has 0 spiro atoms. The number of benzene rings is 1. The molecule has 0 fully saturated rings. The molecular formula is C14H12O3. The number of aliphatic hydroxyl groups is 1. The maximum atomic E-state index is 11.4. The zero-order valence-electron chi connectivity index (χ0n) is 9.65. The van der Waals surface area contributed by atoms with Crippen molar-refractivity contribution in [2.45, 2.75) is 19.3 Å². The highest BCUT2D eigenvalue weighted by Gasteiger charge is 2.45. The third-order valence-corrected chi connectivity index (χ3v) is 3.39. The van der Waals surface area contributed by atoms with E-state index in [9.17, 15) is 9.90 Å². The summed E-state index contributed by atoms with van der Waals surface area (Å²) in [7, 11) is 0. The van der Waals surface area contributed by atoms with Gasteiger partial charge < -0.3 is 9.84 Å². The number of hydrogen-bond acceptors (Lipinski definition) is 3. The summed E-state index contributed by atoms with van der Waals surface area (Å²) >= 11 is 0. The van der Waals surface area contributed by atoms with Crippen molar-refractivity contribution in [2.75, 3.05) is 0 Å². The number of ketones is 1. The second-order valence-electron chi connectivity index (χ2n) is 4.68. The molecule has 0 amide bonds. The van der Waals surface area contributed by atoms with Crippen LogP contribution in [-0.4, -0.2) is 10.9 Å². The van der Waals surface area contributed by atoms with E-state index < -0.39 is 11.2 Å². The van der Waals surface area contributed by atoms with Gasteiger partial charge in [-0.2, -0.15) is 0 Å². The lowest BCUT2D eigenvalue weighted by atomic mass is 9.78. The van der Waals surface area contributed by atoms with E-state index in [1.54, 1.807) is 6.08 Å². The Morgan fingerprint density at radius 1 is 1.35 bits per heavy atom. The van der Waals surface area contributed by atoms with Crippen molar-refractivity contribution in [3.05, 3.63) is 53.0 Å². The number of hydrogen-bond donors (Lipinski definition) is 1. The predicted molar refractivity (Wildman–Crippen MR) is 63.0 cm³/mol. The van der Waals surface area contributed by atoms with E-state index in [2.05, 4.69) is 0 Å². The topological polar surface area (TPSA) is 46.5 Å². The third-order valence-electron chi connectivity index (χ3n) is 3.39. The predicted octanol–water partition coefficient (Wildman–Crippen LogP) is 2.55. The Bertz CT molecular complexity index is 595. The number of ether oxygens (including phenoxy) is 1. The summed E-state index contributed by atoms with van der Waals surface area (Å²) < 4.78 is 5.61. The van der Waals surface area contributed by atoms with Gasteiger partial charge in [0.1, 0.15) is 5.75 Å². The van der Waals surface area contributed by atoms with Crippen LogP contribution in [0.1, 0.15) is 18.1 Å². The summed E-state index contributed by atoms with van der Waals surface area (Å²) in [5, 5.41) is 9.81. The van der Waals surface area contributed by atoms with Crippen LogP contribution in [0.3, 0.4) is 0 Å². The molecule has 1 N–H and O–H groups in total. The molecule has 1 aromatic carbocycles. The number of carbonyl (C=O) groups is 1. The average Bonchev–Trinajstić information content (AvgIpc) is 2.59. The lowest BCUT2D eigenvalue weighted by Gasteiger charge is -2.23. The van der Waals surface area contributed by atoms with Crippen molar-refractivity contribution in [1.29, 1.82) is 0 Å². The molecule has 1 heterocycles. The molecule has 1 aliphatic carbocycles. The number of carbonyl (C=O) groups excluding carboxylic acids is 1. The molecule has 3 heteroatoms. The van der Waals surface area contributed by atoms with E-state index in [0.717, 1.165) is 11.1 Å². The standard InChI is InChI=1S/C14H12O3/c1-8-3-4-11-9(7-8)14(2)6-5-10(15)12(16)13(14)17-11/h3-7,16H,1-2H3. The Morgan fingerprint density at radius 3 is 2.88 bits per heavy atom. The van der Waals surface area contributed by atoms with Gasteiger partial charge in [0.2, 0.25) is 11.5 Å². The molecular weight excluding hydrogens is 216 g/mol. The van der Waals surface area contributed by atoms with E-state index in [0.29, 0.717) is 11.5 Å². The van der Waals surface area contributed by atoms with E-state index in [4.69, 9.17) is 4.74 Å². The molecule has 2 aliphatic rings. The van der Waals surface area contributed by atoms with E-state index >= 15 is 0 Å². The second-order valence-corrected chi connectivity index (χ2v) is 4.68. The quantitative estimate of drug-likeness (QED) is 0.742.